The second-order valence-corrected chi connectivity index (χ2v) is 8.55. The van der Waals surface area contributed by atoms with Crippen LogP contribution in [0.5, 0.6) is 0 Å². The predicted molar refractivity (Wildman–Crippen MR) is 98.6 cm³/mol. The van der Waals surface area contributed by atoms with E-state index in [2.05, 4.69) is 20.1 Å². The number of amides is 2. The molecule has 2 aliphatic rings. The first-order valence-electron chi connectivity index (χ1n) is 9.84. The molecular formula is C19H31N5O2. The molecule has 1 fully saturated rings. The Morgan fingerprint density at radius 1 is 1.12 bits per heavy atom. The number of hydrogen-bond acceptors (Lipinski definition) is 4. The van der Waals surface area contributed by atoms with Crippen molar-refractivity contribution in [3.8, 4) is 0 Å². The molecular weight excluding hydrogens is 330 g/mol. The molecule has 7 nitrogen and oxygen atoms in total. The van der Waals surface area contributed by atoms with Crippen LogP contribution in [0.15, 0.2) is 0 Å². The van der Waals surface area contributed by atoms with E-state index in [1.807, 2.05) is 25.7 Å². The third-order valence-corrected chi connectivity index (χ3v) is 5.36. The highest BCUT2D eigenvalue weighted by molar-refractivity contribution is 5.87. The van der Waals surface area contributed by atoms with Crippen LogP contribution in [0.2, 0.25) is 0 Å². The van der Waals surface area contributed by atoms with E-state index in [-0.39, 0.29) is 24.3 Å². The van der Waals surface area contributed by atoms with Crippen LogP contribution in [0.25, 0.3) is 0 Å². The number of aromatic nitrogens is 3. The third kappa shape index (κ3) is 4.24. The van der Waals surface area contributed by atoms with Crippen LogP contribution >= 0.6 is 0 Å². The zero-order chi connectivity index (χ0) is 18.7. The quantitative estimate of drug-likeness (QED) is 0.891. The molecule has 144 valence electrons. The highest BCUT2D eigenvalue weighted by atomic mass is 16.2. The SMILES string of the molecule is CC(C)(C)C(=O)NCC(=O)N1CCCC(c2nnc3n2CCCCC3)C1. The van der Waals surface area contributed by atoms with Gasteiger partial charge in [-0.1, -0.05) is 27.2 Å². The maximum Gasteiger partial charge on any atom is 0.241 e. The van der Waals surface area contributed by atoms with E-state index >= 15 is 0 Å². The van der Waals surface area contributed by atoms with Crippen molar-refractivity contribution in [1.29, 1.82) is 0 Å². The van der Waals surface area contributed by atoms with Crippen LogP contribution < -0.4 is 5.32 Å². The molecule has 2 amide bonds. The summed E-state index contributed by atoms with van der Waals surface area (Å²) >= 11 is 0. The number of rotatable bonds is 3. The Labute approximate surface area is 155 Å². The van der Waals surface area contributed by atoms with Gasteiger partial charge < -0.3 is 14.8 Å². The second-order valence-electron chi connectivity index (χ2n) is 8.55. The monoisotopic (exact) mass is 361 g/mol. The molecule has 26 heavy (non-hydrogen) atoms. The highest BCUT2D eigenvalue weighted by Gasteiger charge is 2.30. The largest absolute Gasteiger partial charge is 0.347 e. The molecule has 0 spiro atoms. The van der Waals surface area contributed by atoms with Gasteiger partial charge in [0.1, 0.15) is 11.6 Å². The Bertz CT molecular complexity index is 661. The summed E-state index contributed by atoms with van der Waals surface area (Å²) in [5, 5.41) is 11.6. The molecule has 1 aromatic heterocycles. The van der Waals surface area contributed by atoms with Gasteiger partial charge in [-0.05, 0) is 25.7 Å². The normalized spacial score (nSPS) is 21.0. The van der Waals surface area contributed by atoms with Crippen LogP contribution in [0, 0.1) is 5.41 Å². The zero-order valence-electron chi connectivity index (χ0n) is 16.3. The lowest BCUT2D eigenvalue weighted by Gasteiger charge is -2.32. The molecule has 7 heteroatoms. The molecule has 1 N–H and O–H groups in total. The average molecular weight is 361 g/mol. The van der Waals surface area contributed by atoms with Crippen molar-refractivity contribution >= 4 is 11.8 Å². The number of carbonyl (C=O) groups excluding carboxylic acids is 2. The molecule has 1 atom stereocenters. The standard InChI is InChI=1S/C19H31N5O2/c1-19(2,3)18(26)20-12-16(25)23-10-7-8-14(13-23)17-22-21-15-9-5-4-6-11-24(15)17/h14H,4-13H2,1-3H3,(H,20,26). The Hall–Kier alpha value is -1.92. The van der Waals surface area contributed by atoms with Gasteiger partial charge in [0.25, 0.3) is 0 Å². The van der Waals surface area contributed by atoms with E-state index in [0.29, 0.717) is 6.54 Å². The highest BCUT2D eigenvalue weighted by Crippen LogP contribution is 2.28. The van der Waals surface area contributed by atoms with Gasteiger partial charge in [0.2, 0.25) is 11.8 Å². The third-order valence-electron chi connectivity index (χ3n) is 5.36. The number of hydrogen-bond donors (Lipinski definition) is 1. The number of carbonyl (C=O) groups is 2. The van der Waals surface area contributed by atoms with E-state index < -0.39 is 5.41 Å². The number of fused-ring (bicyclic) bond motifs is 1. The Morgan fingerprint density at radius 2 is 1.92 bits per heavy atom. The summed E-state index contributed by atoms with van der Waals surface area (Å²) < 4.78 is 2.28. The minimum absolute atomic E-state index is 0.0112. The average Bonchev–Trinajstić information content (AvgIpc) is 2.87. The van der Waals surface area contributed by atoms with Gasteiger partial charge in [0.05, 0.1) is 6.54 Å². The van der Waals surface area contributed by atoms with Crippen LogP contribution in [0.4, 0.5) is 0 Å². The summed E-state index contributed by atoms with van der Waals surface area (Å²) in [6.07, 6.45) is 6.60. The van der Waals surface area contributed by atoms with Crippen molar-refractivity contribution in [1.82, 2.24) is 25.0 Å². The van der Waals surface area contributed by atoms with E-state index in [1.54, 1.807) is 0 Å². The molecule has 0 aliphatic carbocycles. The number of likely N-dealkylation sites (tertiary alicyclic amines) is 1. The van der Waals surface area contributed by atoms with Gasteiger partial charge in [-0.2, -0.15) is 0 Å². The minimum atomic E-state index is -0.482. The number of nitrogens with one attached hydrogen (secondary N) is 1. The van der Waals surface area contributed by atoms with Crippen molar-refractivity contribution in [2.75, 3.05) is 19.6 Å². The van der Waals surface area contributed by atoms with Crippen molar-refractivity contribution in [2.24, 2.45) is 5.41 Å². The van der Waals surface area contributed by atoms with Gasteiger partial charge in [-0.3, -0.25) is 9.59 Å². The second kappa shape index (κ2) is 7.76. The number of piperidine rings is 1. The predicted octanol–water partition coefficient (Wildman–Crippen LogP) is 1.87. The summed E-state index contributed by atoms with van der Waals surface area (Å²) in [6, 6.07) is 0. The first-order valence-corrected chi connectivity index (χ1v) is 9.84. The molecule has 3 heterocycles. The molecule has 0 bridgehead atoms. The van der Waals surface area contributed by atoms with Crippen LogP contribution in [-0.2, 0) is 22.6 Å². The van der Waals surface area contributed by atoms with E-state index in [1.165, 1.54) is 19.3 Å². The topological polar surface area (TPSA) is 80.1 Å². The number of nitrogens with zero attached hydrogens (tertiary/aromatic N) is 4. The van der Waals surface area contributed by atoms with Crippen LogP contribution in [0.3, 0.4) is 0 Å². The fraction of sp³-hybridized carbons (Fsp3) is 0.789. The van der Waals surface area contributed by atoms with E-state index in [0.717, 1.165) is 44.0 Å². The van der Waals surface area contributed by atoms with Gasteiger partial charge in [0.15, 0.2) is 0 Å². The van der Waals surface area contributed by atoms with Crippen molar-refractivity contribution < 1.29 is 9.59 Å². The van der Waals surface area contributed by atoms with Gasteiger partial charge in [-0.25, -0.2) is 0 Å². The summed E-state index contributed by atoms with van der Waals surface area (Å²) in [6.45, 7) is 8.02. The smallest absolute Gasteiger partial charge is 0.241 e. The Kier molecular flexibility index (Phi) is 5.63. The lowest BCUT2D eigenvalue weighted by molar-refractivity contribution is -0.136. The summed E-state index contributed by atoms with van der Waals surface area (Å²) in [4.78, 5) is 26.4. The number of aryl methyl sites for hydroxylation is 1. The molecule has 1 unspecified atom stereocenters. The van der Waals surface area contributed by atoms with E-state index in [4.69, 9.17) is 0 Å². The van der Waals surface area contributed by atoms with Gasteiger partial charge >= 0.3 is 0 Å². The fourth-order valence-corrected chi connectivity index (χ4v) is 3.76. The first-order chi connectivity index (χ1) is 12.4. The first kappa shape index (κ1) is 18.9. The summed E-state index contributed by atoms with van der Waals surface area (Å²) in [5.41, 5.74) is -0.482. The fourth-order valence-electron chi connectivity index (χ4n) is 3.76. The minimum Gasteiger partial charge on any atom is -0.347 e. The van der Waals surface area contributed by atoms with Crippen molar-refractivity contribution in [2.45, 2.75) is 71.8 Å². The van der Waals surface area contributed by atoms with Gasteiger partial charge in [0, 0.05) is 37.4 Å². The molecule has 3 rings (SSSR count). The molecule has 0 radical (unpaired) electrons. The maximum absolute atomic E-state index is 12.6. The van der Waals surface area contributed by atoms with Gasteiger partial charge in [-0.15, -0.1) is 10.2 Å². The van der Waals surface area contributed by atoms with E-state index in [9.17, 15) is 9.59 Å². The summed E-state index contributed by atoms with van der Waals surface area (Å²) in [5.74, 6) is 2.27. The lowest BCUT2D eigenvalue weighted by Crippen LogP contribution is -2.46. The molecule has 1 aromatic rings. The molecule has 2 aliphatic heterocycles. The lowest BCUT2D eigenvalue weighted by atomic mass is 9.95. The zero-order valence-corrected chi connectivity index (χ0v) is 16.3. The van der Waals surface area contributed by atoms with Crippen molar-refractivity contribution in [3.05, 3.63) is 11.6 Å². The summed E-state index contributed by atoms with van der Waals surface area (Å²) in [7, 11) is 0. The maximum atomic E-state index is 12.6. The molecule has 0 aromatic carbocycles. The van der Waals surface area contributed by atoms with Crippen LogP contribution in [0.1, 0.15) is 70.4 Å². The van der Waals surface area contributed by atoms with Crippen molar-refractivity contribution in [3.63, 3.8) is 0 Å². The molecule has 0 saturated carbocycles. The Morgan fingerprint density at radius 3 is 2.69 bits per heavy atom. The van der Waals surface area contributed by atoms with Crippen LogP contribution in [-0.4, -0.2) is 51.1 Å². The molecule has 1 saturated heterocycles. The Balaban J connectivity index is 1.62.